The number of hydrogen-bond acceptors (Lipinski definition) is 7. The zero-order valence-corrected chi connectivity index (χ0v) is 28.7. The summed E-state index contributed by atoms with van der Waals surface area (Å²) in [6.07, 6.45) is 4.91. The van der Waals surface area contributed by atoms with Crippen LogP contribution in [0.3, 0.4) is 0 Å². The molecule has 4 aliphatic carbocycles. The highest BCUT2D eigenvalue weighted by molar-refractivity contribution is 5.74. The van der Waals surface area contributed by atoms with Crippen molar-refractivity contribution in [1.82, 2.24) is 0 Å². The van der Waals surface area contributed by atoms with Gasteiger partial charge in [-0.25, -0.2) is 0 Å². The zero-order valence-electron chi connectivity index (χ0n) is 28.7. The molecule has 4 aliphatic rings. The molecule has 0 aliphatic heterocycles. The quantitative estimate of drug-likeness (QED) is 0.153. The second-order valence-corrected chi connectivity index (χ2v) is 17.3. The summed E-state index contributed by atoms with van der Waals surface area (Å²) in [4.78, 5) is 24.1. The first-order chi connectivity index (χ1) is 20.0. The Bertz CT molecular complexity index is 1150. The SMILES string of the molecule is C[C@H](CC[C@@H](O)C(C)(C)O)[C@H]1CC[C@@]2(C)C3=C(CC[C@]12C)[C@@]1(C)C[C@@H](OC(=O)CC(C)(O)CC(=O)O)[C@H](O)C(C)(C)[C@@H]1CC3. The molecule has 0 spiro atoms. The van der Waals surface area contributed by atoms with E-state index in [1.165, 1.54) is 12.5 Å². The number of carbonyl (C=O) groups is 2. The molecule has 0 aromatic carbocycles. The Hall–Kier alpha value is -1.48. The molecule has 5 N–H and O–H groups in total. The van der Waals surface area contributed by atoms with Gasteiger partial charge >= 0.3 is 11.9 Å². The van der Waals surface area contributed by atoms with Gasteiger partial charge < -0.3 is 30.3 Å². The van der Waals surface area contributed by atoms with E-state index in [0.717, 1.165) is 44.9 Å². The number of carboxylic acid groups (broad SMARTS) is 1. The topological polar surface area (TPSA) is 145 Å². The number of fused-ring (bicyclic) bond motifs is 4. The summed E-state index contributed by atoms with van der Waals surface area (Å²) in [6, 6.07) is 0. The number of rotatable bonds is 10. The third kappa shape index (κ3) is 6.02. The standard InChI is InChI=1S/C36H60O8/c1-21(10-13-27(37)32(4,5)42)22-14-16-36(9)24-11-12-26-31(2,3)30(41)25(44-29(40)20-33(6,43)19-28(38)39)18-34(26,7)23(24)15-17-35(22,36)8/h21-22,25-27,30,37,41-43H,10-20H2,1-9H3,(H,38,39)/t21-,22-,25-,26+,27-,30+,33?,34-,35-,36+/m1/s1. The van der Waals surface area contributed by atoms with E-state index in [-0.39, 0.29) is 22.2 Å². The maximum Gasteiger partial charge on any atom is 0.309 e. The lowest BCUT2D eigenvalue weighted by molar-refractivity contribution is -0.192. The van der Waals surface area contributed by atoms with E-state index in [0.29, 0.717) is 24.7 Å². The van der Waals surface area contributed by atoms with Crippen molar-refractivity contribution in [2.75, 3.05) is 0 Å². The number of aliphatic hydroxyl groups excluding tert-OH is 2. The minimum Gasteiger partial charge on any atom is -0.481 e. The van der Waals surface area contributed by atoms with E-state index in [2.05, 4.69) is 41.5 Å². The van der Waals surface area contributed by atoms with E-state index in [4.69, 9.17) is 9.84 Å². The highest BCUT2D eigenvalue weighted by atomic mass is 16.6. The van der Waals surface area contributed by atoms with Crippen molar-refractivity contribution in [3.05, 3.63) is 11.1 Å². The van der Waals surface area contributed by atoms with E-state index in [9.17, 15) is 30.0 Å². The van der Waals surface area contributed by atoms with Gasteiger partial charge in [-0.1, -0.05) is 52.7 Å². The van der Waals surface area contributed by atoms with Gasteiger partial charge in [0.15, 0.2) is 0 Å². The number of carboxylic acids is 1. The molecule has 2 saturated carbocycles. The van der Waals surface area contributed by atoms with Crippen LogP contribution in [0.2, 0.25) is 0 Å². The van der Waals surface area contributed by atoms with E-state index in [1.807, 2.05) is 0 Å². The number of esters is 1. The Kier molecular flexibility index (Phi) is 9.36. The molecule has 0 heterocycles. The van der Waals surface area contributed by atoms with Crippen LogP contribution in [0.15, 0.2) is 11.1 Å². The van der Waals surface area contributed by atoms with E-state index >= 15 is 0 Å². The number of ether oxygens (including phenoxy) is 1. The van der Waals surface area contributed by atoms with Crippen LogP contribution in [0.5, 0.6) is 0 Å². The number of hydrogen-bond donors (Lipinski definition) is 5. The fourth-order valence-electron chi connectivity index (χ4n) is 10.7. The lowest BCUT2D eigenvalue weighted by atomic mass is 9.43. The molecule has 0 radical (unpaired) electrons. The number of aliphatic carboxylic acids is 1. The Labute approximate surface area is 264 Å². The molecule has 0 bridgehead atoms. The molecule has 0 saturated heterocycles. The number of carbonyl (C=O) groups excluding carboxylic acids is 1. The molecule has 0 amide bonds. The highest BCUT2D eigenvalue weighted by Gasteiger charge is 2.65. The second-order valence-electron chi connectivity index (χ2n) is 17.3. The van der Waals surface area contributed by atoms with Crippen molar-refractivity contribution >= 4 is 11.9 Å². The summed E-state index contributed by atoms with van der Waals surface area (Å²) in [5.41, 5.74) is -0.363. The monoisotopic (exact) mass is 620 g/mol. The summed E-state index contributed by atoms with van der Waals surface area (Å²) < 4.78 is 5.90. The molecule has 1 unspecified atom stereocenters. The Morgan fingerprint density at radius 3 is 2.18 bits per heavy atom. The Balaban J connectivity index is 1.60. The number of aliphatic hydroxyl groups is 4. The van der Waals surface area contributed by atoms with Crippen LogP contribution >= 0.6 is 0 Å². The largest absolute Gasteiger partial charge is 0.481 e. The number of allylic oxidation sites excluding steroid dienone is 2. The lowest BCUT2D eigenvalue weighted by Crippen LogP contribution is -2.60. The summed E-state index contributed by atoms with van der Waals surface area (Å²) >= 11 is 0. The zero-order chi connectivity index (χ0) is 33.3. The van der Waals surface area contributed by atoms with Crippen LogP contribution in [0.25, 0.3) is 0 Å². The van der Waals surface area contributed by atoms with Gasteiger partial charge in [-0.2, -0.15) is 0 Å². The normalized spacial score (nSPS) is 39.4. The molecule has 0 aromatic heterocycles. The summed E-state index contributed by atoms with van der Waals surface area (Å²) in [5.74, 6) is -0.696. The van der Waals surface area contributed by atoms with Crippen molar-refractivity contribution in [3.8, 4) is 0 Å². The maximum absolute atomic E-state index is 13.0. The summed E-state index contributed by atoms with van der Waals surface area (Å²) in [6.45, 7) is 18.4. The van der Waals surface area contributed by atoms with Gasteiger partial charge in [0.1, 0.15) is 6.10 Å². The Morgan fingerprint density at radius 2 is 1.59 bits per heavy atom. The molecular weight excluding hydrogens is 560 g/mol. The first kappa shape index (κ1) is 35.4. The molecular formula is C36H60O8. The van der Waals surface area contributed by atoms with Crippen molar-refractivity contribution in [2.24, 2.45) is 39.4 Å². The molecule has 8 heteroatoms. The average Bonchev–Trinajstić information content (AvgIpc) is 3.15. The van der Waals surface area contributed by atoms with Crippen molar-refractivity contribution in [1.29, 1.82) is 0 Å². The van der Waals surface area contributed by atoms with Gasteiger partial charge in [0.2, 0.25) is 0 Å². The van der Waals surface area contributed by atoms with Crippen LogP contribution in [-0.2, 0) is 14.3 Å². The molecule has 10 atom stereocenters. The predicted molar refractivity (Wildman–Crippen MR) is 169 cm³/mol. The van der Waals surface area contributed by atoms with Crippen molar-refractivity contribution in [3.63, 3.8) is 0 Å². The van der Waals surface area contributed by atoms with Gasteiger partial charge in [0, 0.05) is 0 Å². The molecule has 252 valence electrons. The van der Waals surface area contributed by atoms with Crippen molar-refractivity contribution in [2.45, 2.75) is 162 Å². The van der Waals surface area contributed by atoms with Gasteiger partial charge in [-0.15, -0.1) is 0 Å². The third-order valence-electron chi connectivity index (χ3n) is 13.5. The van der Waals surface area contributed by atoms with Crippen LogP contribution in [0.1, 0.15) is 133 Å². The molecule has 2 fully saturated rings. The minimum absolute atomic E-state index is 0.0459. The van der Waals surface area contributed by atoms with Crippen LogP contribution in [-0.4, -0.2) is 67.0 Å². The predicted octanol–water partition coefficient (Wildman–Crippen LogP) is 5.78. The summed E-state index contributed by atoms with van der Waals surface area (Å²) in [5, 5.41) is 51.9. The van der Waals surface area contributed by atoms with Gasteiger partial charge in [-0.3, -0.25) is 9.59 Å². The lowest BCUT2D eigenvalue weighted by Gasteiger charge is -2.63. The molecule has 8 nitrogen and oxygen atoms in total. The molecule has 44 heavy (non-hydrogen) atoms. The fraction of sp³-hybridized carbons (Fsp3) is 0.889. The maximum atomic E-state index is 13.0. The van der Waals surface area contributed by atoms with Gasteiger partial charge in [0.05, 0.1) is 36.3 Å². The third-order valence-corrected chi connectivity index (χ3v) is 13.5. The molecule has 0 aromatic rings. The van der Waals surface area contributed by atoms with E-state index < -0.39 is 59.7 Å². The molecule has 4 rings (SSSR count). The summed E-state index contributed by atoms with van der Waals surface area (Å²) in [7, 11) is 0. The fourth-order valence-corrected chi connectivity index (χ4v) is 10.7. The van der Waals surface area contributed by atoms with Crippen molar-refractivity contribution < 1.29 is 39.9 Å². The van der Waals surface area contributed by atoms with E-state index in [1.54, 1.807) is 19.4 Å². The van der Waals surface area contributed by atoms with Gasteiger partial charge in [-0.05, 0) is 118 Å². The van der Waals surface area contributed by atoms with Crippen LogP contribution in [0.4, 0.5) is 0 Å². The first-order valence-corrected chi connectivity index (χ1v) is 16.9. The minimum atomic E-state index is -1.73. The second kappa shape index (κ2) is 11.6. The highest BCUT2D eigenvalue weighted by Crippen LogP contribution is 2.72. The van der Waals surface area contributed by atoms with Gasteiger partial charge in [0.25, 0.3) is 0 Å². The Morgan fingerprint density at radius 1 is 0.955 bits per heavy atom. The van der Waals surface area contributed by atoms with Crippen LogP contribution < -0.4 is 0 Å². The smallest absolute Gasteiger partial charge is 0.309 e. The van der Waals surface area contributed by atoms with Crippen LogP contribution in [0, 0.1) is 39.4 Å². The first-order valence-electron chi connectivity index (χ1n) is 16.9. The average molecular weight is 621 g/mol.